The van der Waals surface area contributed by atoms with Gasteiger partial charge in [-0.05, 0) is 36.4 Å². The van der Waals surface area contributed by atoms with Gasteiger partial charge in [-0.15, -0.1) is 0 Å². The van der Waals surface area contributed by atoms with Gasteiger partial charge in [-0.1, -0.05) is 6.07 Å². The van der Waals surface area contributed by atoms with Crippen LogP contribution in [0, 0.1) is 11.6 Å². The molecule has 7 heteroatoms. The van der Waals surface area contributed by atoms with Crippen molar-refractivity contribution in [1.82, 2.24) is 5.32 Å². The van der Waals surface area contributed by atoms with Crippen LogP contribution in [0.5, 0.6) is 5.75 Å². The summed E-state index contributed by atoms with van der Waals surface area (Å²) in [6.07, 6.45) is 0. The Bertz CT molecular complexity index is 698. The number of methoxy groups -OCH3 is 1. The quantitative estimate of drug-likeness (QED) is 0.888. The maximum Gasteiger partial charge on any atom is 0.251 e. The van der Waals surface area contributed by atoms with Gasteiger partial charge in [-0.3, -0.25) is 9.59 Å². The zero-order valence-electron chi connectivity index (χ0n) is 12.2. The average molecular weight is 320 g/mol. The van der Waals surface area contributed by atoms with E-state index < -0.39 is 35.7 Å². The number of para-hydroxylation sites is 1. The number of benzene rings is 2. The van der Waals surface area contributed by atoms with Crippen LogP contribution in [0.4, 0.5) is 14.5 Å². The number of nitrogens with one attached hydrogen (secondary N) is 2. The SMILES string of the molecule is COc1ccc(C(=O)NCC(=O)Nc2c(F)cccc2F)cc1. The molecular weight excluding hydrogens is 306 g/mol. The van der Waals surface area contributed by atoms with Gasteiger partial charge < -0.3 is 15.4 Å². The monoisotopic (exact) mass is 320 g/mol. The van der Waals surface area contributed by atoms with Crippen LogP contribution < -0.4 is 15.4 Å². The molecule has 2 rings (SSSR count). The largest absolute Gasteiger partial charge is 0.497 e. The zero-order valence-corrected chi connectivity index (χ0v) is 12.2. The molecule has 2 N–H and O–H groups in total. The Kier molecular flexibility index (Phi) is 5.24. The maximum absolute atomic E-state index is 13.4. The highest BCUT2D eigenvalue weighted by Gasteiger charge is 2.13. The summed E-state index contributed by atoms with van der Waals surface area (Å²) in [7, 11) is 1.50. The lowest BCUT2D eigenvalue weighted by atomic mass is 10.2. The van der Waals surface area contributed by atoms with Crippen LogP contribution in [0.25, 0.3) is 0 Å². The lowest BCUT2D eigenvalue weighted by Gasteiger charge is -2.09. The molecule has 5 nitrogen and oxygen atoms in total. The standard InChI is InChI=1S/C16H14F2N2O3/c1-23-11-7-5-10(6-8-11)16(22)19-9-14(21)20-15-12(17)3-2-4-13(15)18/h2-8H,9H2,1H3,(H,19,22)(H,20,21). The normalized spacial score (nSPS) is 10.0. The van der Waals surface area contributed by atoms with Crippen molar-refractivity contribution in [2.24, 2.45) is 0 Å². The van der Waals surface area contributed by atoms with Crippen molar-refractivity contribution in [3.63, 3.8) is 0 Å². The fraction of sp³-hybridized carbons (Fsp3) is 0.125. The highest BCUT2D eigenvalue weighted by molar-refractivity contribution is 5.99. The minimum atomic E-state index is -0.889. The molecule has 23 heavy (non-hydrogen) atoms. The Morgan fingerprint density at radius 2 is 1.65 bits per heavy atom. The van der Waals surface area contributed by atoms with Gasteiger partial charge >= 0.3 is 0 Å². The van der Waals surface area contributed by atoms with E-state index in [0.29, 0.717) is 11.3 Å². The van der Waals surface area contributed by atoms with Gasteiger partial charge in [0.25, 0.3) is 5.91 Å². The van der Waals surface area contributed by atoms with Crippen LogP contribution in [-0.2, 0) is 4.79 Å². The highest BCUT2D eigenvalue weighted by atomic mass is 19.1. The molecule has 0 bridgehead atoms. The molecule has 0 atom stereocenters. The van der Waals surface area contributed by atoms with Gasteiger partial charge in [0.1, 0.15) is 23.1 Å². The van der Waals surface area contributed by atoms with Crippen molar-refractivity contribution in [3.05, 3.63) is 59.7 Å². The topological polar surface area (TPSA) is 67.4 Å². The molecule has 0 aliphatic heterocycles. The van der Waals surface area contributed by atoms with E-state index in [0.717, 1.165) is 12.1 Å². The number of hydrogen-bond donors (Lipinski definition) is 2. The Balaban J connectivity index is 1.92. The minimum absolute atomic E-state index is 0.329. The van der Waals surface area contributed by atoms with E-state index in [1.54, 1.807) is 12.1 Å². The molecule has 120 valence electrons. The third-order valence-electron chi connectivity index (χ3n) is 2.99. The summed E-state index contributed by atoms with van der Waals surface area (Å²) in [5, 5.41) is 4.44. The van der Waals surface area contributed by atoms with Crippen molar-refractivity contribution in [3.8, 4) is 5.75 Å². The molecule has 0 unspecified atom stereocenters. The van der Waals surface area contributed by atoms with Crippen LogP contribution >= 0.6 is 0 Å². The zero-order chi connectivity index (χ0) is 16.8. The molecule has 0 saturated carbocycles. The van der Waals surface area contributed by atoms with E-state index in [1.165, 1.54) is 25.3 Å². The molecule has 0 fully saturated rings. The number of hydrogen-bond acceptors (Lipinski definition) is 3. The summed E-state index contributed by atoms with van der Waals surface area (Å²) in [5.74, 6) is -2.42. The van der Waals surface area contributed by atoms with E-state index in [2.05, 4.69) is 10.6 Å². The van der Waals surface area contributed by atoms with Gasteiger partial charge in [0.05, 0.1) is 13.7 Å². The van der Waals surface area contributed by atoms with Crippen LogP contribution in [0.1, 0.15) is 10.4 Å². The number of ether oxygens (including phenoxy) is 1. The summed E-state index contributed by atoms with van der Waals surface area (Å²) in [4.78, 5) is 23.5. The number of anilines is 1. The Morgan fingerprint density at radius 3 is 2.22 bits per heavy atom. The van der Waals surface area contributed by atoms with Gasteiger partial charge in [0, 0.05) is 5.56 Å². The third kappa shape index (κ3) is 4.26. The second kappa shape index (κ2) is 7.35. The number of carbonyl (C=O) groups is 2. The van der Waals surface area contributed by atoms with Crippen molar-refractivity contribution in [1.29, 1.82) is 0 Å². The van der Waals surface area contributed by atoms with Crippen LogP contribution in [0.15, 0.2) is 42.5 Å². The second-order valence-corrected chi connectivity index (χ2v) is 4.56. The Hall–Kier alpha value is -2.96. The predicted octanol–water partition coefficient (Wildman–Crippen LogP) is 2.34. The number of amides is 2. The van der Waals surface area contributed by atoms with E-state index in [9.17, 15) is 18.4 Å². The summed E-state index contributed by atoms with van der Waals surface area (Å²) in [5.41, 5.74) is -0.216. The fourth-order valence-electron chi connectivity index (χ4n) is 1.81. The summed E-state index contributed by atoms with van der Waals surface area (Å²) >= 11 is 0. The smallest absolute Gasteiger partial charge is 0.251 e. The minimum Gasteiger partial charge on any atom is -0.497 e. The lowest BCUT2D eigenvalue weighted by Crippen LogP contribution is -2.33. The molecule has 0 aromatic heterocycles. The molecule has 0 heterocycles. The van der Waals surface area contributed by atoms with Crippen molar-refractivity contribution in [2.45, 2.75) is 0 Å². The maximum atomic E-state index is 13.4. The lowest BCUT2D eigenvalue weighted by molar-refractivity contribution is -0.115. The van der Waals surface area contributed by atoms with Gasteiger partial charge in [0.2, 0.25) is 5.91 Å². The average Bonchev–Trinajstić information content (AvgIpc) is 2.56. The van der Waals surface area contributed by atoms with Crippen molar-refractivity contribution >= 4 is 17.5 Å². The first-order chi connectivity index (χ1) is 11.0. The predicted molar refractivity (Wildman–Crippen MR) is 80.3 cm³/mol. The molecule has 0 spiro atoms. The first-order valence-electron chi connectivity index (χ1n) is 6.67. The van der Waals surface area contributed by atoms with Crippen molar-refractivity contribution in [2.75, 3.05) is 19.0 Å². The Morgan fingerprint density at radius 1 is 1.04 bits per heavy atom. The first kappa shape index (κ1) is 16.4. The van der Waals surface area contributed by atoms with Crippen LogP contribution in [0.2, 0.25) is 0 Å². The summed E-state index contributed by atoms with van der Waals surface area (Å²) < 4.78 is 31.8. The van der Waals surface area contributed by atoms with E-state index >= 15 is 0 Å². The molecule has 2 amide bonds. The van der Waals surface area contributed by atoms with Gasteiger partial charge in [-0.2, -0.15) is 0 Å². The molecule has 0 aliphatic carbocycles. The van der Waals surface area contributed by atoms with Gasteiger partial charge in [-0.25, -0.2) is 8.78 Å². The number of halogens is 2. The van der Waals surface area contributed by atoms with Gasteiger partial charge in [0.15, 0.2) is 0 Å². The van der Waals surface area contributed by atoms with Crippen LogP contribution in [0.3, 0.4) is 0 Å². The van der Waals surface area contributed by atoms with E-state index in [4.69, 9.17) is 4.74 Å². The number of carbonyl (C=O) groups excluding carboxylic acids is 2. The molecule has 0 radical (unpaired) electrons. The highest BCUT2D eigenvalue weighted by Crippen LogP contribution is 2.17. The van der Waals surface area contributed by atoms with E-state index in [1.807, 2.05) is 0 Å². The molecule has 0 aliphatic rings. The molecule has 2 aromatic carbocycles. The molecular formula is C16H14F2N2O3. The van der Waals surface area contributed by atoms with Crippen LogP contribution in [-0.4, -0.2) is 25.5 Å². The third-order valence-corrected chi connectivity index (χ3v) is 2.99. The molecule has 2 aromatic rings. The fourth-order valence-corrected chi connectivity index (χ4v) is 1.81. The second-order valence-electron chi connectivity index (χ2n) is 4.56. The van der Waals surface area contributed by atoms with E-state index in [-0.39, 0.29) is 0 Å². The summed E-state index contributed by atoms with van der Waals surface area (Å²) in [6.45, 7) is -0.418. The molecule has 0 saturated heterocycles. The first-order valence-corrected chi connectivity index (χ1v) is 6.67. The van der Waals surface area contributed by atoms with Crippen molar-refractivity contribution < 1.29 is 23.1 Å². The summed E-state index contributed by atoms with van der Waals surface area (Å²) in [6, 6.07) is 9.49. The Labute approximate surface area is 131 Å². The number of rotatable bonds is 5.